The van der Waals surface area contributed by atoms with Crippen LogP contribution >= 0.6 is 0 Å². The molecule has 1 aromatic heterocycles. The predicted molar refractivity (Wildman–Crippen MR) is 147 cm³/mol. The van der Waals surface area contributed by atoms with Gasteiger partial charge in [-0.15, -0.1) is 0 Å². The van der Waals surface area contributed by atoms with Crippen LogP contribution in [0.25, 0.3) is 16.9 Å². The zero-order valence-electron chi connectivity index (χ0n) is 22.1. The molecule has 4 aromatic rings. The summed E-state index contributed by atoms with van der Waals surface area (Å²) >= 11 is 0. The van der Waals surface area contributed by atoms with E-state index in [1.165, 1.54) is 4.90 Å². The number of nitrogens with zero attached hydrogens (tertiary/aromatic N) is 3. The van der Waals surface area contributed by atoms with Crippen LogP contribution in [0.2, 0.25) is 0 Å². The smallest absolute Gasteiger partial charge is 0.254 e. The lowest BCUT2D eigenvalue weighted by Crippen LogP contribution is -2.40. The van der Waals surface area contributed by atoms with Crippen LogP contribution in [0.1, 0.15) is 24.2 Å². The Morgan fingerprint density at radius 1 is 1.03 bits per heavy atom. The molecule has 2 heterocycles. The molecule has 0 fully saturated rings. The summed E-state index contributed by atoms with van der Waals surface area (Å²) in [7, 11) is 1.62. The molecule has 0 aliphatic carbocycles. The van der Waals surface area contributed by atoms with Crippen LogP contribution in [-0.4, -0.2) is 53.3 Å². The minimum absolute atomic E-state index is 0.123. The van der Waals surface area contributed by atoms with Gasteiger partial charge in [0.1, 0.15) is 12.3 Å². The maximum absolute atomic E-state index is 13.4. The topological polar surface area (TPSA) is 94.9 Å². The van der Waals surface area contributed by atoms with E-state index in [1.54, 1.807) is 25.3 Å². The number of rotatable bonds is 9. The summed E-state index contributed by atoms with van der Waals surface area (Å²) in [5.74, 6) is 1.76. The fourth-order valence-electron chi connectivity index (χ4n) is 4.36. The molecule has 0 unspecified atom stereocenters. The number of nitrogens with one attached hydrogen (secondary N) is 1. The number of ether oxygens (including phenoxy) is 3. The number of hydrogen-bond acceptors (Lipinski definition) is 6. The van der Waals surface area contributed by atoms with Gasteiger partial charge in [-0.2, -0.15) is 0 Å². The largest absolute Gasteiger partial charge is 0.497 e. The first kappa shape index (κ1) is 25.8. The third-order valence-corrected chi connectivity index (χ3v) is 6.20. The van der Waals surface area contributed by atoms with Crippen molar-refractivity contribution in [1.82, 2.24) is 14.5 Å². The molecule has 9 heteroatoms. The average molecular weight is 527 g/mol. The molecule has 200 valence electrons. The summed E-state index contributed by atoms with van der Waals surface area (Å²) in [5.41, 5.74) is 2.84. The van der Waals surface area contributed by atoms with Gasteiger partial charge in [0.05, 0.1) is 12.8 Å². The molecule has 5 rings (SSSR count). The first-order valence-corrected chi connectivity index (χ1v) is 12.7. The molecule has 3 aromatic carbocycles. The van der Waals surface area contributed by atoms with Gasteiger partial charge in [0.25, 0.3) is 5.91 Å². The number of carbonyl (C=O) groups excluding carboxylic acids is 2. The minimum Gasteiger partial charge on any atom is -0.497 e. The van der Waals surface area contributed by atoms with E-state index < -0.39 is 0 Å². The van der Waals surface area contributed by atoms with Crippen molar-refractivity contribution in [1.29, 1.82) is 0 Å². The molecule has 0 spiro atoms. The van der Waals surface area contributed by atoms with Crippen LogP contribution in [0.4, 0.5) is 5.95 Å². The lowest BCUT2D eigenvalue weighted by atomic mass is 10.1. The van der Waals surface area contributed by atoms with Crippen molar-refractivity contribution < 1.29 is 23.8 Å². The third-order valence-electron chi connectivity index (χ3n) is 6.20. The highest BCUT2D eigenvalue weighted by atomic mass is 16.7. The van der Waals surface area contributed by atoms with Gasteiger partial charge < -0.3 is 19.1 Å². The number of para-hydroxylation sites is 1. The highest BCUT2D eigenvalue weighted by Gasteiger charge is 2.24. The highest BCUT2D eigenvalue weighted by Crippen LogP contribution is 2.33. The van der Waals surface area contributed by atoms with Crippen molar-refractivity contribution >= 4 is 17.8 Å². The number of hydrogen-bond donors (Lipinski definition) is 1. The van der Waals surface area contributed by atoms with Gasteiger partial charge in [0, 0.05) is 29.6 Å². The van der Waals surface area contributed by atoms with Gasteiger partial charge >= 0.3 is 0 Å². The molecule has 1 N–H and O–H groups in total. The first-order chi connectivity index (χ1) is 18.9. The number of imidazole rings is 1. The van der Waals surface area contributed by atoms with Crippen LogP contribution < -0.4 is 19.5 Å². The first-order valence-electron chi connectivity index (χ1n) is 12.7. The number of fused-ring (bicyclic) bond motifs is 1. The van der Waals surface area contributed by atoms with Crippen molar-refractivity contribution in [2.24, 2.45) is 5.92 Å². The maximum Gasteiger partial charge on any atom is 0.254 e. The SMILES string of the molecule is COc1ccc(-c2cn(-c3ccccc3)c(NC(=O)CN(CC(C)C)C(=O)c3ccc4c(c3)OCO4)n2)cc1. The molecule has 0 saturated heterocycles. The van der Waals surface area contributed by atoms with Crippen molar-refractivity contribution in [3.05, 3.63) is 84.6 Å². The lowest BCUT2D eigenvalue weighted by molar-refractivity contribution is -0.117. The number of carbonyl (C=O) groups is 2. The number of anilines is 1. The number of aromatic nitrogens is 2. The molecule has 0 atom stereocenters. The second-order valence-electron chi connectivity index (χ2n) is 9.58. The van der Waals surface area contributed by atoms with Crippen molar-refractivity contribution in [2.45, 2.75) is 13.8 Å². The molecule has 0 bridgehead atoms. The van der Waals surface area contributed by atoms with E-state index in [0.29, 0.717) is 35.2 Å². The standard InChI is InChI=1S/C30H30N4O5/c1-20(2)16-33(29(36)22-11-14-26-27(15-22)39-19-38-26)18-28(35)32-30-31-25(21-9-12-24(37-3)13-10-21)17-34(30)23-7-5-4-6-8-23/h4-15,17,20H,16,18-19H2,1-3H3,(H,31,32,35). The predicted octanol–water partition coefficient (Wildman–Crippen LogP) is 5.01. The molecule has 2 amide bonds. The average Bonchev–Trinajstić information content (AvgIpc) is 3.59. The summed E-state index contributed by atoms with van der Waals surface area (Å²) in [6, 6.07) is 22.2. The Morgan fingerprint density at radius 3 is 2.49 bits per heavy atom. The van der Waals surface area contributed by atoms with Crippen molar-refractivity contribution in [2.75, 3.05) is 32.3 Å². The van der Waals surface area contributed by atoms with Gasteiger partial charge in [-0.05, 0) is 60.5 Å². The van der Waals surface area contributed by atoms with E-state index in [0.717, 1.165) is 17.0 Å². The summed E-state index contributed by atoms with van der Waals surface area (Å²) < 4.78 is 17.9. The van der Waals surface area contributed by atoms with Gasteiger partial charge in [-0.25, -0.2) is 4.98 Å². The summed E-state index contributed by atoms with van der Waals surface area (Å²) in [6.45, 7) is 4.40. The van der Waals surface area contributed by atoms with Gasteiger partial charge in [0.15, 0.2) is 11.5 Å². The maximum atomic E-state index is 13.4. The Bertz CT molecular complexity index is 1460. The van der Waals surface area contributed by atoms with E-state index in [2.05, 4.69) is 5.32 Å². The van der Waals surface area contributed by atoms with Crippen LogP contribution in [0.3, 0.4) is 0 Å². The summed E-state index contributed by atoms with van der Waals surface area (Å²) in [5, 5.41) is 2.92. The summed E-state index contributed by atoms with van der Waals surface area (Å²) in [4.78, 5) is 33.0. The number of amides is 2. The van der Waals surface area contributed by atoms with Gasteiger partial charge in [-0.3, -0.25) is 19.5 Å². The molecular formula is C30H30N4O5. The normalized spacial score (nSPS) is 11.9. The molecule has 1 aliphatic heterocycles. The number of methoxy groups -OCH3 is 1. The quantitative estimate of drug-likeness (QED) is 0.329. The van der Waals surface area contributed by atoms with Gasteiger partial charge in [0.2, 0.25) is 18.6 Å². The zero-order chi connectivity index (χ0) is 27.4. The zero-order valence-corrected chi connectivity index (χ0v) is 22.1. The van der Waals surface area contributed by atoms with E-state index in [9.17, 15) is 9.59 Å². The fraction of sp³-hybridized carbons (Fsp3) is 0.233. The second-order valence-corrected chi connectivity index (χ2v) is 9.58. The third kappa shape index (κ3) is 5.87. The van der Waals surface area contributed by atoms with E-state index in [4.69, 9.17) is 19.2 Å². The van der Waals surface area contributed by atoms with Crippen LogP contribution in [0.15, 0.2) is 79.0 Å². The fourth-order valence-corrected chi connectivity index (χ4v) is 4.36. The Morgan fingerprint density at radius 2 is 1.77 bits per heavy atom. The Balaban J connectivity index is 1.39. The van der Waals surface area contributed by atoms with Crippen molar-refractivity contribution in [3.63, 3.8) is 0 Å². The monoisotopic (exact) mass is 526 g/mol. The van der Waals surface area contributed by atoms with E-state index >= 15 is 0 Å². The minimum atomic E-state index is -0.353. The van der Waals surface area contributed by atoms with Crippen molar-refractivity contribution in [3.8, 4) is 34.2 Å². The molecule has 0 saturated carbocycles. The second kappa shape index (κ2) is 11.3. The molecule has 39 heavy (non-hydrogen) atoms. The van der Waals surface area contributed by atoms with Gasteiger partial charge in [-0.1, -0.05) is 32.0 Å². The van der Waals surface area contributed by atoms with Crippen LogP contribution in [-0.2, 0) is 4.79 Å². The Hall–Kier alpha value is -4.79. The Labute approximate surface area is 226 Å². The Kier molecular flexibility index (Phi) is 7.49. The number of benzene rings is 3. The summed E-state index contributed by atoms with van der Waals surface area (Å²) in [6.07, 6.45) is 1.87. The molecular weight excluding hydrogens is 496 g/mol. The lowest BCUT2D eigenvalue weighted by Gasteiger charge is -2.24. The molecule has 0 radical (unpaired) electrons. The van der Waals surface area contributed by atoms with E-state index in [1.807, 2.05) is 79.2 Å². The highest BCUT2D eigenvalue weighted by molar-refractivity contribution is 5.99. The molecule has 1 aliphatic rings. The molecule has 9 nitrogen and oxygen atoms in total. The van der Waals surface area contributed by atoms with Crippen LogP contribution in [0, 0.1) is 5.92 Å². The van der Waals surface area contributed by atoms with E-state index in [-0.39, 0.29) is 31.1 Å². The van der Waals surface area contributed by atoms with Crippen LogP contribution in [0.5, 0.6) is 17.2 Å².